The minimum Gasteiger partial charge on any atom is -0.381 e. The Morgan fingerprint density at radius 1 is 1.32 bits per heavy atom. The van der Waals surface area contributed by atoms with Gasteiger partial charge in [0.05, 0.1) is 26.9 Å². The van der Waals surface area contributed by atoms with Gasteiger partial charge in [0.15, 0.2) is 0 Å². The Hall–Kier alpha value is -0.790. The molecule has 0 aromatic carbocycles. The zero-order valence-corrected chi connectivity index (χ0v) is 13.7. The summed E-state index contributed by atoms with van der Waals surface area (Å²) in [5, 5.41) is 19.1. The molecule has 0 spiro atoms. The normalized spacial score (nSPS) is 13.5. The lowest BCUT2D eigenvalue weighted by Gasteiger charge is -2.16. The number of aliphatic hydroxyl groups is 1. The van der Waals surface area contributed by atoms with E-state index in [0.717, 1.165) is 20.7 Å². The van der Waals surface area contributed by atoms with Crippen molar-refractivity contribution in [2.75, 3.05) is 0 Å². The van der Waals surface area contributed by atoms with Crippen LogP contribution in [0.2, 0.25) is 0 Å². The highest BCUT2D eigenvalue weighted by Crippen LogP contribution is 2.35. The van der Waals surface area contributed by atoms with Gasteiger partial charge in [-0.2, -0.15) is 5.10 Å². The van der Waals surface area contributed by atoms with E-state index in [2.05, 4.69) is 30.6 Å². The van der Waals surface area contributed by atoms with Crippen molar-refractivity contribution in [2.24, 2.45) is 0 Å². The fourth-order valence-corrected chi connectivity index (χ4v) is 3.23. The van der Waals surface area contributed by atoms with Crippen LogP contribution in [-0.2, 0) is 0 Å². The quantitative estimate of drug-likeness (QED) is 0.924. The lowest BCUT2D eigenvalue weighted by atomic mass is 10.1. The molecular formula is C12H17BrN4OS. The van der Waals surface area contributed by atoms with E-state index in [0.29, 0.717) is 0 Å². The van der Waals surface area contributed by atoms with Crippen molar-refractivity contribution in [2.45, 2.75) is 45.8 Å². The number of hydrogen-bond acceptors (Lipinski definition) is 5. The molecule has 0 saturated carbocycles. The fraction of sp³-hybridized carbons (Fsp3) is 0.583. The van der Waals surface area contributed by atoms with Gasteiger partial charge in [-0.1, -0.05) is 18.3 Å². The highest BCUT2D eigenvalue weighted by molar-refractivity contribution is 9.10. The van der Waals surface area contributed by atoms with E-state index in [1.54, 1.807) is 6.20 Å². The summed E-state index contributed by atoms with van der Waals surface area (Å²) in [5.41, 5.74) is 1.60. The molecule has 1 atom stereocenters. The molecule has 0 aliphatic rings. The molecule has 2 aromatic heterocycles. The third-order valence-electron chi connectivity index (χ3n) is 2.87. The fourth-order valence-electron chi connectivity index (χ4n) is 1.94. The van der Waals surface area contributed by atoms with Gasteiger partial charge in [-0.05, 0) is 47.2 Å². The van der Waals surface area contributed by atoms with Gasteiger partial charge >= 0.3 is 0 Å². The molecule has 7 heteroatoms. The Balaban J connectivity index is 2.47. The number of aliphatic hydroxyl groups excluding tert-OH is 1. The third-order valence-corrected chi connectivity index (χ3v) is 4.27. The Bertz CT molecular complexity index is 564. The Morgan fingerprint density at radius 3 is 2.58 bits per heavy atom. The predicted octanol–water partition coefficient (Wildman–Crippen LogP) is 3.28. The van der Waals surface area contributed by atoms with E-state index in [1.807, 2.05) is 32.4 Å². The van der Waals surface area contributed by atoms with Gasteiger partial charge in [0.2, 0.25) is 0 Å². The minimum atomic E-state index is -0.753. The van der Waals surface area contributed by atoms with Crippen molar-refractivity contribution in [3.8, 4) is 0 Å². The van der Waals surface area contributed by atoms with Gasteiger partial charge in [-0.25, -0.2) is 0 Å². The molecule has 2 aromatic rings. The van der Waals surface area contributed by atoms with Crippen LogP contribution in [0.1, 0.15) is 62.0 Å². The first kappa shape index (κ1) is 14.6. The van der Waals surface area contributed by atoms with Crippen LogP contribution in [0.25, 0.3) is 0 Å². The molecule has 1 N–H and O–H groups in total. The van der Waals surface area contributed by atoms with E-state index in [1.165, 1.54) is 11.5 Å². The first-order valence-corrected chi connectivity index (χ1v) is 7.73. The molecule has 0 fully saturated rings. The predicted molar refractivity (Wildman–Crippen MR) is 78.4 cm³/mol. The molecule has 2 heterocycles. The van der Waals surface area contributed by atoms with Gasteiger partial charge < -0.3 is 5.11 Å². The number of halogens is 1. The van der Waals surface area contributed by atoms with Crippen LogP contribution < -0.4 is 0 Å². The van der Waals surface area contributed by atoms with Crippen molar-refractivity contribution in [1.29, 1.82) is 0 Å². The summed E-state index contributed by atoms with van der Waals surface area (Å²) in [6, 6.07) is 0.180. The Morgan fingerprint density at radius 2 is 2.00 bits per heavy atom. The van der Waals surface area contributed by atoms with Crippen molar-refractivity contribution in [3.05, 3.63) is 26.9 Å². The molecule has 19 heavy (non-hydrogen) atoms. The van der Waals surface area contributed by atoms with Crippen LogP contribution in [0.4, 0.5) is 0 Å². The van der Waals surface area contributed by atoms with Crippen molar-refractivity contribution >= 4 is 27.5 Å². The van der Waals surface area contributed by atoms with Crippen molar-refractivity contribution in [1.82, 2.24) is 19.4 Å². The summed E-state index contributed by atoms with van der Waals surface area (Å²) in [5.74, 6) is 0.234. The van der Waals surface area contributed by atoms with E-state index in [4.69, 9.17) is 0 Å². The summed E-state index contributed by atoms with van der Waals surface area (Å²) in [6.07, 6.45) is 0.957. The summed E-state index contributed by atoms with van der Waals surface area (Å²) < 4.78 is 6.59. The van der Waals surface area contributed by atoms with Crippen LogP contribution >= 0.6 is 27.5 Å². The summed E-state index contributed by atoms with van der Waals surface area (Å²) in [4.78, 5) is 0.790. The molecule has 0 aliphatic heterocycles. The molecule has 5 nitrogen and oxygen atoms in total. The van der Waals surface area contributed by atoms with Crippen LogP contribution in [0.5, 0.6) is 0 Å². The Kier molecular flexibility index (Phi) is 4.37. The van der Waals surface area contributed by atoms with E-state index in [-0.39, 0.29) is 12.0 Å². The van der Waals surface area contributed by atoms with Gasteiger partial charge in [0.1, 0.15) is 6.10 Å². The molecule has 0 amide bonds. The molecule has 1 unspecified atom stereocenters. The minimum absolute atomic E-state index is 0.180. The van der Waals surface area contributed by atoms with E-state index in [9.17, 15) is 5.11 Å². The molecule has 104 valence electrons. The average Bonchev–Trinajstić information content (AvgIpc) is 2.93. The summed E-state index contributed by atoms with van der Waals surface area (Å²) in [6.45, 7) is 8.15. The monoisotopic (exact) mass is 344 g/mol. The number of aromatic nitrogens is 4. The summed E-state index contributed by atoms with van der Waals surface area (Å²) in [7, 11) is 0. The van der Waals surface area contributed by atoms with Crippen LogP contribution in [-0.4, -0.2) is 24.5 Å². The first-order valence-electron chi connectivity index (χ1n) is 6.16. The van der Waals surface area contributed by atoms with Crippen molar-refractivity contribution < 1.29 is 5.11 Å². The molecular weight excluding hydrogens is 328 g/mol. The molecule has 0 saturated heterocycles. The maximum atomic E-state index is 10.6. The first-order chi connectivity index (χ1) is 8.93. The highest BCUT2D eigenvalue weighted by atomic mass is 79.9. The van der Waals surface area contributed by atoms with Gasteiger partial charge in [-0.3, -0.25) is 4.68 Å². The van der Waals surface area contributed by atoms with Crippen molar-refractivity contribution in [3.63, 3.8) is 0 Å². The van der Waals surface area contributed by atoms with E-state index >= 15 is 0 Å². The van der Waals surface area contributed by atoms with Gasteiger partial charge in [0, 0.05) is 6.04 Å². The largest absolute Gasteiger partial charge is 0.381 e. The number of nitrogens with zero attached hydrogens (tertiary/aromatic N) is 4. The molecule has 0 bridgehead atoms. The maximum Gasteiger partial charge on any atom is 0.134 e. The topological polar surface area (TPSA) is 63.8 Å². The second kappa shape index (κ2) is 5.68. The third kappa shape index (κ3) is 2.73. The molecule has 0 radical (unpaired) electrons. The van der Waals surface area contributed by atoms with Gasteiger partial charge in [0.25, 0.3) is 0 Å². The summed E-state index contributed by atoms with van der Waals surface area (Å²) >= 11 is 4.69. The number of rotatable bonds is 4. The van der Waals surface area contributed by atoms with Crippen LogP contribution in [0.3, 0.4) is 0 Å². The maximum absolute atomic E-state index is 10.6. The van der Waals surface area contributed by atoms with E-state index < -0.39 is 6.10 Å². The molecule has 2 rings (SSSR count). The molecule has 0 aliphatic carbocycles. The highest BCUT2D eigenvalue weighted by Gasteiger charge is 2.26. The smallest absolute Gasteiger partial charge is 0.134 e. The Labute approximate surface area is 125 Å². The number of hydrogen-bond donors (Lipinski definition) is 1. The van der Waals surface area contributed by atoms with Gasteiger partial charge in [-0.15, -0.1) is 5.10 Å². The second-order valence-corrected chi connectivity index (χ2v) is 6.64. The average molecular weight is 345 g/mol. The van der Waals surface area contributed by atoms with Crippen LogP contribution in [0, 0.1) is 0 Å². The standard InChI is InChI=1S/C12H17BrN4OS/c1-6(2)9-12(19-16-15-9)11(18)10-8(13)5-14-17(10)7(3)4/h5-7,11,18H,1-4H3. The zero-order chi connectivity index (χ0) is 14.2. The zero-order valence-electron chi connectivity index (χ0n) is 11.3. The lowest BCUT2D eigenvalue weighted by Crippen LogP contribution is -2.13. The van der Waals surface area contributed by atoms with Crippen LogP contribution in [0.15, 0.2) is 10.7 Å². The second-order valence-electron chi connectivity index (χ2n) is 5.00. The SMILES string of the molecule is CC(C)c1nnsc1C(O)c1c(Br)cnn1C(C)C. The lowest BCUT2D eigenvalue weighted by molar-refractivity contribution is 0.206.